The molecule has 0 aliphatic heterocycles. The summed E-state index contributed by atoms with van der Waals surface area (Å²) in [7, 11) is 0. The maximum Gasteiger partial charge on any atom is 0.471 e. The molecule has 24 heavy (non-hydrogen) atoms. The Bertz CT molecular complexity index is 625. The lowest BCUT2D eigenvalue weighted by Crippen LogP contribution is -2.41. The summed E-state index contributed by atoms with van der Waals surface area (Å²) >= 11 is 0. The number of carbonyl (C=O) groups is 3. The molecule has 1 saturated carbocycles. The number of hydrogen-bond donors (Lipinski definition) is 3. The topological polar surface area (TPSA) is 87.3 Å². The molecule has 6 nitrogen and oxygen atoms in total. The molecule has 0 spiro atoms. The Morgan fingerprint density at radius 1 is 1.00 bits per heavy atom. The van der Waals surface area contributed by atoms with Crippen molar-refractivity contribution < 1.29 is 27.6 Å². The molecule has 1 fully saturated rings. The van der Waals surface area contributed by atoms with Crippen molar-refractivity contribution >= 4 is 23.4 Å². The maximum atomic E-state index is 12.0. The van der Waals surface area contributed by atoms with E-state index in [1.807, 2.05) is 0 Å². The number of amides is 3. The number of carbonyl (C=O) groups excluding carboxylic acids is 3. The number of anilines is 1. The Hall–Kier alpha value is -2.58. The van der Waals surface area contributed by atoms with Crippen LogP contribution in [0.5, 0.6) is 0 Å². The summed E-state index contributed by atoms with van der Waals surface area (Å²) in [6.07, 6.45) is -3.17. The Kier molecular flexibility index (Phi) is 5.42. The Morgan fingerprint density at radius 2 is 1.58 bits per heavy atom. The van der Waals surface area contributed by atoms with Gasteiger partial charge < -0.3 is 16.0 Å². The molecule has 0 saturated heterocycles. The van der Waals surface area contributed by atoms with E-state index >= 15 is 0 Å². The van der Waals surface area contributed by atoms with Crippen LogP contribution in [0.15, 0.2) is 24.3 Å². The van der Waals surface area contributed by atoms with E-state index in [0.29, 0.717) is 11.3 Å². The zero-order valence-electron chi connectivity index (χ0n) is 12.6. The van der Waals surface area contributed by atoms with Crippen molar-refractivity contribution in [2.45, 2.75) is 19.0 Å². The fourth-order valence-corrected chi connectivity index (χ4v) is 1.85. The summed E-state index contributed by atoms with van der Waals surface area (Å²) in [4.78, 5) is 34.0. The minimum absolute atomic E-state index is 0.0485. The third-order valence-corrected chi connectivity index (χ3v) is 3.32. The molecule has 1 aromatic carbocycles. The molecule has 0 heterocycles. The zero-order valence-corrected chi connectivity index (χ0v) is 12.6. The largest absolute Gasteiger partial charge is 0.471 e. The summed E-state index contributed by atoms with van der Waals surface area (Å²) in [5, 5.41) is 6.76. The number of benzene rings is 1. The first-order valence-electron chi connectivity index (χ1n) is 7.31. The van der Waals surface area contributed by atoms with Crippen LogP contribution in [0.25, 0.3) is 0 Å². The van der Waals surface area contributed by atoms with E-state index in [2.05, 4.69) is 10.6 Å². The van der Waals surface area contributed by atoms with Crippen LogP contribution >= 0.6 is 0 Å². The van der Waals surface area contributed by atoms with E-state index in [1.54, 1.807) is 17.4 Å². The van der Waals surface area contributed by atoms with Gasteiger partial charge in [-0.2, -0.15) is 13.2 Å². The van der Waals surface area contributed by atoms with Gasteiger partial charge in [0.15, 0.2) is 0 Å². The number of hydrogen-bond acceptors (Lipinski definition) is 3. The average Bonchev–Trinajstić information content (AvgIpc) is 3.35. The molecule has 0 radical (unpaired) electrons. The smallest absolute Gasteiger partial charge is 0.350 e. The van der Waals surface area contributed by atoms with E-state index in [4.69, 9.17) is 0 Å². The molecular weight excluding hydrogens is 327 g/mol. The summed E-state index contributed by atoms with van der Waals surface area (Å²) in [5.74, 6) is -2.52. The van der Waals surface area contributed by atoms with Crippen molar-refractivity contribution in [3.8, 4) is 0 Å². The van der Waals surface area contributed by atoms with E-state index in [1.165, 1.54) is 12.1 Å². The SMILES string of the molecule is O=C(NCCNC(=O)C(F)(F)F)c1ccc(NC(=O)C2CC2)cc1. The second kappa shape index (κ2) is 7.33. The lowest BCUT2D eigenvalue weighted by molar-refractivity contribution is -0.173. The van der Waals surface area contributed by atoms with Crippen LogP contribution in [0.1, 0.15) is 23.2 Å². The second-order valence-electron chi connectivity index (χ2n) is 5.35. The fourth-order valence-electron chi connectivity index (χ4n) is 1.85. The van der Waals surface area contributed by atoms with Gasteiger partial charge in [-0.15, -0.1) is 0 Å². The second-order valence-corrected chi connectivity index (χ2v) is 5.35. The van der Waals surface area contributed by atoms with Crippen LogP contribution in [-0.4, -0.2) is 37.0 Å². The Labute approximate surface area is 135 Å². The van der Waals surface area contributed by atoms with Crippen LogP contribution in [0.3, 0.4) is 0 Å². The lowest BCUT2D eigenvalue weighted by Gasteiger charge is -2.09. The van der Waals surface area contributed by atoms with Crippen LogP contribution in [0.4, 0.5) is 18.9 Å². The van der Waals surface area contributed by atoms with Crippen molar-refractivity contribution in [1.82, 2.24) is 10.6 Å². The van der Waals surface area contributed by atoms with Gasteiger partial charge in [0.1, 0.15) is 0 Å². The highest BCUT2D eigenvalue weighted by Crippen LogP contribution is 2.30. The van der Waals surface area contributed by atoms with Crippen molar-refractivity contribution in [3.05, 3.63) is 29.8 Å². The molecule has 0 bridgehead atoms. The lowest BCUT2D eigenvalue weighted by atomic mass is 10.2. The fraction of sp³-hybridized carbons (Fsp3) is 0.400. The quantitative estimate of drug-likeness (QED) is 0.683. The molecule has 1 aliphatic carbocycles. The van der Waals surface area contributed by atoms with Gasteiger partial charge in [-0.25, -0.2) is 0 Å². The van der Waals surface area contributed by atoms with Crippen LogP contribution in [0.2, 0.25) is 0 Å². The first-order valence-corrected chi connectivity index (χ1v) is 7.31. The third-order valence-electron chi connectivity index (χ3n) is 3.32. The van der Waals surface area contributed by atoms with Gasteiger partial charge in [0.2, 0.25) is 5.91 Å². The van der Waals surface area contributed by atoms with Gasteiger partial charge in [0, 0.05) is 30.3 Å². The average molecular weight is 343 g/mol. The highest BCUT2D eigenvalue weighted by Gasteiger charge is 2.38. The van der Waals surface area contributed by atoms with Crippen molar-refractivity contribution in [1.29, 1.82) is 0 Å². The molecule has 130 valence electrons. The van der Waals surface area contributed by atoms with Gasteiger partial charge >= 0.3 is 12.1 Å². The van der Waals surface area contributed by atoms with Crippen LogP contribution in [0, 0.1) is 5.92 Å². The highest BCUT2D eigenvalue weighted by molar-refractivity contribution is 5.96. The molecule has 9 heteroatoms. The van der Waals surface area contributed by atoms with E-state index in [0.717, 1.165) is 12.8 Å². The monoisotopic (exact) mass is 343 g/mol. The van der Waals surface area contributed by atoms with Crippen LogP contribution in [-0.2, 0) is 9.59 Å². The summed E-state index contributed by atoms with van der Waals surface area (Å²) < 4.78 is 35.9. The van der Waals surface area contributed by atoms with Crippen molar-refractivity contribution in [2.24, 2.45) is 5.92 Å². The van der Waals surface area contributed by atoms with Gasteiger partial charge in [-0.1, -0.05) is 0 Å². The molecule has 2 rings (SSSR count). The molecule has 3 N–H and O–H groups in total. The minimum Gasteiger partial charge on any atom is -0.350 e. The van der Waals surface area contributed by atoms with E-state index in [9.17, 15) is 27.6 Å². The molecule has 0 aromatic heterocycles. The standard InChI is InChI=1S/C15H16F3N3O3/c16-15(17,18)14(24)20-8-7-19-12(22)9-3-5-11(6-4-9)21-13(23)10-1-2-10/h3-6,10H,1-2,7-8H2,(H,19,22)(H,20,24)(H,21,23). The van der Waals surface area contributed by atoms with E-state index in [-0.39, 0.29) is 24.9 Å². The van der Waals surface area contributed by atoms with Gasteiger partial charge in [-0.05, 0) is 37.1 Å². The molecular formula is C15H16F3N3O3. The van der Waals surface area contributed by atoms with E-state index < -0.39 is 18.0 Å². The highest BCUT2D eigenvalue weighted by atomic mass is 19.4. The van der Waals surface area contributed by atoms with Gasteiger partial charge in [0.05, 0.1) is 0 Å². The minimum atomic E-state index is -4.94. The van der Waals surface area contributed by atoms with Gasteiger partial charge in [0.25, 0.3) is 5.91 Å². The number of halogens is 3. The first-order chi connectivity index (χ1) is 11.3. The zero-order chi connectivity index (χ0) is 17.7. The molecule has 1 aliphatic rings. The van der Waals surface area contributed by atoms with Crippen LogP contribution < -0.4 is 16.0 Å². The molecule has 3 amide bonds. The Balaban J connectivity index is 1.74. The number of nitrogens with one attached hydrogen (secondary N) is 3. The molecule has 0 unspecified atom stereocenters. The number of alkyl halides is 3. The molecule has 0 atom stereocenters. The van der Waals surface area contributed by atoms with Crippen molar-refractivity contribution in [3.63, 3.8) is 0 Å². The normalized spacial score (nSPS) is 14.0. The summed E-state index contributed by atoms with van der Waals surface area (Å²) in [5.41, 5.74) is 0.863. The third kappa shape index (κ3) is 5.25. The maximum absolute atomic E-state index is 12.0. The predicted octanol–water partition coefficient (Wildman–Crippen LogP) is 1.44. The summed E-state index contributed by atoms with van der Waals surface area (Å²) in [6, 6.07) is 6.12. The molecule has 1 aromatic rings. The summed E-state index contributed by atoms with van der Waals surface area (Å²) in [6.45, 7) is -0.472. The predicted molar refractivity (Wildman–Crippen MR) is 79.2 cm³/mol. The Morgan fingerprint density at radius 3 is 2.12 bits per heavy atom. The van der Waals surface area contributed by atoms with Crippen molar-refractivity contribution in [2.75, 3.05) is 18.4 Å². The van der Waals surface area contributed by atoms with Gasteiger partial charge in [-0.3, -0.25) is 14.4 Å². The number of rotatable bonds is 6. The first kappa shape index (κ1) is 17.8.